The molecule has 1 atom stereocenters. The van der Waals surface area contributed by atoms with Crippen molar-refractivity contribution in [2.24, 2.45) is 0 Å². The van der Waals surface area contributed by atoms with E-state index in [2.05, 4.69) is 16.0 Å². The number of carbonyl (C=O) groups excluding carboxylic acids is 7. The lowest BCUT2D eigenvalue weighted by molar-refractivity contribution is -0.197. The minimum absolute atomic E-state index is 0.0139. The van der Waals surface area contributed by atoms with Crippen LogP contribution in [0.15, 0.2) is 0 Å². The minimum atomic E-state index is -0.940. The molecule has 0 bridgehead atoms. The third kappa shape index (κ3) is 32.8. The molecule has 0 saturated carbocycles. The summed E-state index contributed by atoms with van der Waals surface area (Å²) in [6.45, 7) is 7.75. The van der Waals surface area contributed by atoms with Crippen LogP contribution in [0.1, 0.15) is 149 Å². The molecular weight excluding hydrogens is 837 g/mol. The van der Waals surface area contributed by atoms with E-state index in [1.54, 1.807) is 20.8 Å². The van der Waals surface area contributed by atoms with Gasteiger partial charge in [-0.3, -0.25) is 24.0 Å². The highest BCUT2D eigenvalue weighted by Gasteiger charge is 2.32. The van der Waals surface area contributed by atoms with Crippen LogP contribution in [0.25, 0.3) is 0 Å². The SMILES string of the molecule is COC(COCCOCCNC(=O)COCCOCCNC(=O)CC[C@H](NC(=O)CCCCCCCCCCCCCCCCC(=O)ON1C(=O)CCC1=O)C(=O)OC(C)(C)C)OC. The Morgan fingerprint density at radius 2 is 1.05 bits per heavy atom. The van der Waals surface area contributed by atoms with Crippen LogP contribution in [-0.4, -0.2) is 145 Å². The van der Waals surface area contributed by atoms with E-state index in [1.807, 2.05) is 0 Å². The zero-order valence-electron chi connectivity index (χ0n) is 39.4. The van der Waals surface area contributed by atoms with Crippen molar-refractivity contribution in [3.8, 4) is 0 Å². The van der Waals surface area contributed by atoms with Crippen molar-refractivity contribution in [1.82, 2.24) is 21.0 Å². The van der Waals surface area contributed by atoms with E-state index in [1.165, 1.54) is 39.9 Å². The Hall–Kier alpha value is -3.75. The van der Waals surface area contributed by atoms with Gasteiger partial charge in [-0.25, -0.2) is 9.59 Å². The number of hydrogen-bond acceptors (Lipinski definition) is 15. The van der Waals surface area contributed by atoms with E-state index in [0.717, 1.165) is 51.4 Å². The topological polar surface area (TPSA) is 233 Å². The summed E-state index contributed by atoms with van der Waals surface area (Å²) < 4.78 is 37.1. The van der Waals surface area contributed by atoms with Gasteiger partial charge in [0, 0.05) is 59.4 Å². The number of nitrogens with one attached hydrogen (secondary N) is 3. The summed E-state index contributed by atoms with van der Waals surface area (Å²) in [5.41, 5.74) is -0.748. The number of unbranched alkanes of at least 4 members (excludes halogenated alkanes) is 13. The van der Waals surface area contributed by atoms with Crippen LogP contribution in [0.2, 0.25) is 0 Å². The maximum atomic E-state index is 12.9. The van der Waals surface area contributed by atoms with Crippen LogP contribution in [0, 0.1) is 0 Å². The van der Waals surface area contributed by atoms with Crippen molar-refractivity contribution in [3.05, 3.63) is 0 Å². The quantitative estimate of drug-likeness (QED) is 0.0335. The number of amides is 5. The van der Waals surface area contributed by atoms with E-state index >= 15 is 0 Å². The summed E-state index contributed by atoms with van der Waals surface area (Å²) in [5.74, 6) is -2.83. The number of methoxy groups -OCH3 is 2. The predicted molar refractivity (Wildman–Crippen MR) is 235 cm³/mol. The van der Waals surface area contributed by atoms with Gasteiger partial charge in [-0.2, -0.15) is 0 Å². The van der Waals surface area contributed by atoms with E-state index in [0.29, 0.717) is 57.3 Å². The molecule has 0 aromatic heterocycles. The molecule has 0 radical (unpaired) electrons. The molecule has 0 aliphatic carbocycles. The van der Waals surface area contributed by atoms with Crippen LogP contribution in [0.5, 0.6) is 0 Å². The van der Waals surface area contributed by atoms with Crippen LogP contribution in [0.3, 0.4) is 0 Å². The molecule has 0 aromatic carbocycles. The van der Waals surface area contributed by atoms with Crippen LogP contribution < -0.4 is 16.0 Å². The summed E-state index contributed by atoms with van der Waals surface area (Å²) >= 11 is 0. The Bertz CT molecular complexity index is 1310. The van der Waals surface area contributed by atoms with Gasteiger partial charge in [-0.15, -0.1) is 5.06 Å². The molecule has 64 heavy (non-hydrogen) atoms. The monoisotopic (exact) mass is 917 g/mol. The van der Waals surface area contributed by atoms with Crippen molar-refractivity contribution >= 4 is 41.5 Å². The summed E-state index contributed by atoms with van der Waals surface area (Å²) in [6.07, 6.45) is 15.0. The number of hydrogen-bond donors (Lipinski definition) is 3. The van der Waals surface area contributed by atoms with E-state index in [9.17, 15) is 33.6 Å². The molecular formula is C45H80N4O15. The van der Waals surface area contributed by atoms with Gasteiger partial charge < -0.3 is 53.9 Å². The van der Waals surface area contributed by atoms with Crippen molar-refractivity contribution < 1.29 is 71.6 Å². The largest absolute Gasteiger partial charge is 0.458 e. The third-order valence-corrected chi connectivity index (χ3v) is 9.81. The summed E-state index contributed by atoms with van der Waals surface area (Å²) in [6, 6.07) is -0.940. The first-order valence-electron chi connectivity index (χ1n) is 23.2. The van der Waals surface area contributed by atoms with E-state index < -0.39 is 41.7 Å². The molecule has 1 rings (SSSR count). The normalized spacial score (nSPS) is 13.3. The van der Waals surface area contributed by atoms with Crippen LogP contribution in [-0.2, 0) is 71.6 Å². The fourth-order valence-electron chi connectivity index (χ4n) is 6.33. The van der Waals surface area contributed by atoms with Crippen molar-refractivity contribution in [1.29, 1.82) is 0 Å². The van der Waals surface area contributed by atoms with Gasteiger partial charge in [-0.05, 0) is 40.0 Å². The van der Waals surface area contributed by atoms with Gasteiger partial charge in [0.25, 0.3) is 11.8 Å². The molecule has 0 aromatic rings. The fraction of sp³-hybridized carbons (Fsp3) is 0.844. The second-order valence-corrected chi connectivity index (χ2v) is 16.6. The Morgan fingerprint density at radius 1 is 0.578 bits per heavy atom. The Balaban J connectivity index is 2.06. The molecule has 1 aliphatic heterocycles. The molecule has 370 valence electrons. The minimum Gasteiger partial charge on any atom is -0.458 e. The molecule has 0 unspecified atom stereocenters. The lowest BCUT2D eigenvalue weighted by atomic mass is 10.0. The van der Waals surface area contributed by atoms with Crippen molar-refractivity contribution in [3.63, 3.8) is 0 Å². The molecule has 1 fully saturated rings. The molecule has 5 amide bonds. The van der Waals surface area contributed by atoms with Crippen molar-refractivity contribution in [2.75, 3.05) is 80.2 Å². The number of rotatable bonds is 41. The highest BCUT2D eigenvalue weighted by molar-refractivity contribution is 6.01. The fourth-order valence-corrected chi connectivity index (χ4v) is 6.33. The first-order valence-corrected chi connectivity index (χ1v) is 23.2. The maximum absolute atomic E-state index is 12.9. The number of carbonyl (C=O) groups is 7. The van der Waals surface area contributed by atoms with Crippen LogP contribution in [0.4, 0.5) is 0 Å². The van der Waals surface area contributed by atoms with Gasteiger partial charge in [0.15, 0.2) is 6.29 Å². The smallest absolute Gasteiger partial charge is 0.333 e. The van der Waals surface area contributed by atoms with Gasteiger partial charge in [0.05, 0.1) is 46.2 Å². The first-order chi connectivity index (χ1) is 30.7. The summed E-state index contributed by atoms with van der Waals surface area (Å²) in [4.78, 5) is 89.9. The predicted octanol–water partition coefficient (Wildman–Crippen LogP) is 4.36. The number of esters is 1. The second-order valence-electron chi connectivity index (χ2n) is 16.6. The summed E-state index contributed by atoms with van der Waals surface area (Å²) in [7, 11) is 3.06. The summed E-state index contributed by atoms with van der Waals surface area (Å²) in [5, 5.41) is 8.82. The molecule has 19 heteroatoms. The van der Waals surface area contributed by atoms with Crippen LogP contribution >= 0.6 is 0 Å². The van der Waals surface area contributed by atoms with E-state index in [4.69, 9.17) is 38.0 Å². The maximum Gasteiger partial charge on any atom is 0.333 e. The molecule has 1 heterocycles. The number of hydroxylamine groups is 2. The Kier molecular flexibility index (Phi) is 34.1. The lowest BCUT2D eigenvalue weighted by Crippen LogP contribution is -2.44. The van der Waals surface area contributed by atoms with Gasteiger partial charge >= 0.3 is 11.9 Å². The average Bonchev–Trinajstić information content (AvgIpc) is 3.56. The molecule has 1 aliphatic rings. The highest BCUT2D eigenvalue weighted by Crippen LogP contribution is 2.16. The molecule has 19 nitrogen and oxygen atoms in total. The Morgan fingerprint density at radius 3 is 1.56 bits per heavy atom. The highest BCUT2D eigenvalue weighted by atomic mass is 16.7. The number of ether oxygens (including phenoxy) is 7. The zero-order chi connectivity index (χ0) is 47.3. The third-order valence-electron chi connectivity index (χ3n) is 9.81. The zero-order valence-corrected chi connectivity index (χ0v) is 39.4. The van der Waals surface area contributed by atoms with Crippen molar-refractivity contribution in [2.45, 2.75) is 167 Å². The standard InChI is InChI=1S/C45H80N4O15/c1-45(2,3)63-44(56)36(22-23-37(50)46-26-28-59-30-32-61-34-39(52)47-27-29-60-31-33-62-35-43(57-4)58-5)48-38(51)20-18-16-14-12-10-8-6-7-9-11-13-15-17-19-21-42(55)64-49-40(53)24-25-41(49)54/h36,43H,6-35H2,1-5H3,(H,46,50)(H,47,52)(H,48,51)/t36-/m0/s1. The lowest BCUT2D eigenvalue weighted by Gasteiger charge is -2.24. The van der Waals surface area contributed by atoms with Gasteiger partial charge in [0.1, 0.15) is 18.2 Å². The average molecular weight is 917 g/mol. The number of imide groups is 1. The Labute approximate surface area is 380 Å². The van der Waals surface area contributed by atoms with E-state index in [-0.39, 0.29) is 82.8 Å². The molecule has 3 N–H and O–H groups in total. The number of nitrogens with zero attached hydrogens (tertiary/aromatic N) is 1. The molecule has 1 saturated heterocycles. The second kappa shape index (κ2) is 37.5. The molecule has 0 spiro atoms. The van der Waals surface area contributed by atoms with Gasteiger partial charge in [0.2, 0.25) is 17.7 Å². The van der Waals surface area contributed by atoms with Gasteiger partial charge in [-0.1, -0.05) is 77.0 Å². The first kappa shape index (κ1) is 58.3.